The van der Waals surface area contributed by atoms with Gasteiger partial charge in [0.1, 0.15) is 11.4 Å². The summed E-state index contributed by atoms with van der Waals surface area (Å²) in [4.78, 5) is 27.8. The normalized spacial score (nSPS) is 15.1. The Morgan fingerprint density at radius 3 is 2.85 bits per heavy atom. The lowest BCUT2D eigenvalue weighted by Crippen LogP contribution is -2.38. The first-order chi connectivity index (χ1) is 13.3. The molecule has 1 saturated heterocycles. The standard InChI is InChI=1S/C19H21N5O2S/c1-26-18-16(3-2-6-21-18)19(25)23-8-4-14(5-9-23)17-20-7-10-24(17)11-15-12-27-13-22-15/h2-3,6-7,10,12-14H,4-5,8-9,11H2,1H3. The molecular formula is C19H21N5O2S. The van der Waals surface area contributed by atoms with Crippen molar-refractivity contribution in [3.8, 4) is 5.88 Å². The molecule has 0 unspecified atom stereocenters. The predicted molar refractivity (Wildman–Crippen MR) is 102 cm³/mol. The number of hydrogen-bond donors (Lipinski definition) is 0. The van der Waals surface area contributed by atoms with Gasteiger partial charge in [0.05, 0.1) is 24.9 Å². The topological polar surface area (TPSA) is 73.1 Å². The second-order valence-corrected chi connectivity index (χ2v) is 7.24. The Morgan fingerprint density at radius 2 is 2.11 bits per heavy atom. The van der Waals surface area contributed by atoms with Crippen molar-refractivity contribution in [2.75, 3.05) is 20.2 Å². The van der Waals surface area contributed by atoms with E-state index in [1.54, 1.807) is 29.7 Å². The van der Waals surface area contributed by atoms with Crippen molar-refractivity contribution in [1.82, 2.24) is 24.4 Å². The van der Waals surface area contributed by atoms with Gasteiger partial charge in [-0.15, -0.1) is 11.3 Å². The van der Waals surface area contributed by atoms with Gasteiger partial charge < -0.3 is 14.2 Å². The monoisotopic (exact) mass is 383 g/mol. The maximum Gasteiger partial charge on any atom is 0.259 e. The number of amides is 1. The van der Waals surface area contributed by atoms with Gasteiger partial charge in [-0.1, -0.05) is 0 Å². The molecule has 1 fully saturated rings. The van der Waals surface area contributed by atoms with Crippen molar-refractivity contribution in [3.63, 3.8) is 0 Å². The highest BCUT2D eigenvalue weighted by molar-refractivity contribution is 7.07. The molecule has 0 aromatic carbocycles. The number of carbonyl (C=O) groups excluding carboxylic acids is 1. The first kappa shape index (κ1) is 17.7. The van der Waals surface area contributed by atoms with Gasteiger partial charge in [0.25, 0.3) is 5.91 Å². The van der Waals surface area contributed by atoms with Gasteiger partial charge in [-0.25, -0.2) is 15.0 Å². The van der Waals surface area contributed by atoms with Crippen LogP contribution >= 0.6 is 11.3 Å². The molecule has 4 rings (SSSR count). The molecule has 8 heteroatoms. The molecule has 0 saturated carbocycles. The molecule has 1 amide bonds. The Hall–Kier alpha value is -2.74. The summed E-state index contributed by atoms with van der Waals surface area (Å²) in [6, 6.07) is 3.53. The van der Waals surface area contributed by atoms with E-state index in [4.69, 9.17) is 4.74 Å². The summed E-state index contributed by atoms with van der Waals surface area (Å²) in [5.41, 5.74) is 3.42. The van der Waals surface area contributed by atoms with E-state index in [2.05, 4.69) is 24.9 Å². The number of nitrogens with zero attached hydrogens (tertiary/aromatic N) is 5. The van der Waals surface area contributed by atoms with E-state index < -0.39 is 0 Å². The molecule has 0 atom stereocenters. The molecule has 27 heavy (non-hydrogen) atoms. The van der Waals surface area contributed by atoms with Crippen molar-refractivity contribution in [2.24, 2.45) is 0 Å². The molecule has 3 aromatic rings. The van der Waals surface area contributed by atoms with Crippen LogP contribution < -0.4 is 4.74 Å². The fraction of sp³-hybridized carbons (Fsp3) is 0.368. The number of methoxy groups -OCH3 is 1. The van der Waals surface area contributed by atoms with Gasteiger partial charge in [-0.3, -0.25) is 4.79 Å². The fourth-order valence-corrected chi connectivity index (χ4v) is 4.08. The van der Waals surface area contributed by atoms with Crippen molar-refractivity contribution in [2.45, 2.75) is 25.3 Å². The van der Waals surface area contributed by atoms with Crippen LogP contribution in [0.5, 0.6) is 5.88 Å². The highest BCUT2D eigenvalue weighted by Crippen LogP contribution is 2.29. The van der Waals surface area contributed by atoms with Gasteiger partial charge in [0.2, 0.25) is 5.88 Å². The van der Waals surface area contributed by atoms with E-state index in [0.717, 1.165) is 30.9 Å². The summed E-state index contributed by atoms with van der Waals surface area (Å²) in [7, 11) is 1.54. The maximum atomic E-state index is 12.8. The second-order valence-electron chi connectivity index (χ2n) is 6.52. The summed E-state index contributed by atoms with van der Waals surface area (Å²) in [6.45, 7) is 2.14. The lowest BCUT2D eigenvalue weighted by atomic mass is 9.95. The van der Waals surface area contributed by atoms with Crippen LogP contribution in [0.4, 0.5) is 0 Å². The third kappa shape index (κ3) is 3.71. The van der Waals surface area contributed by atoms with Crippen LogP contribution in [0.1, 0.15) is 40.6 Å². The molecule has 4 heterocycles. The molecule has 1 aliphatic rings. The Kier molecular flexibility index (Phi) is 5.15. The van der Waals surface area contributed by atoms with Gasteiger partial charge in [-0.05, 0) is 25.0 Å². The molecule has 0 aliphatic carbocycles. The number of carbonyl (C=O) groups is 1. The zero-order valence-electron chi connectivity index (χ0n) is 15.1. The molecule has 0 bridgehead atoms. The van der Waals surface area contributed by atoms with Crippen molar-refractivity contribution < 1.29 is 9.53 Å². The van der Waals surface area contributed by atoms with Gasteiger partial charge in [0, 0.05) is 43.0 Å². The van der Waals surface area contributed by atoms with E-state index in [-0.39, 0.29) is 5.91 Å². The minimum Gasteiger partial charge on any atom is -0.480 e. The van der Waals surface area contributed by atoms with Crippen LogP contribution in [0, 0.1) is 0 Å². The minimum absolute atomic E-state index is 0.0239. The number of likely N-dealkylation sites (tertiary alicyclic amines) is 1. The summed E-state index contributed by atoms with van der Waals surface area (Å²) in [5, 5.41) is 2.06. The molecule has 0 N–H and O–H groups in total. The van der Waals surface area contributed by atoms with Gasteiger partial charge >= 0.3 is 0 Å². The molecular weight excluding hydrogens is 362 g/mol. The first-order valence-electron chi connectivity index (χ1n) is 8.92. The molecule has 3 aromatic heterocycles. The predicted octanol–water partition coefficient (Wildman–Crippen LogP) is 2.81. The van der Waals surface area contributed by atoms with Crippen LogP contribution in [0.2, 0.25) is 0 Å². The van der Waals surface area contributed by atoms with E-state index in [0.29, 0.717) is 30.5 Å². The molecule has 7 nitrogen and oxygen atoms in total. The zero-order chi connectivity index (χ0) is 18.6. The summed E-state index contributed by atoms with van der Waals surface area (Å²) in [5.74, 6) is 1.78. The SMILES string of the molecule is COc1ncccc1C(=O)N1CCC(c2nccn2Cc2cscn2)CC1. The van der Waals surface area contributed by atoms with Crippen molar-refractivity contribution in [3.05, 3.63) is 58.7 Å². The summed E-state index contributed by atoms with van der Waals surface area (Å²) < 4.78 is 7.39. The van der Waals surface area contributed by atoms with Crippen molar-refractivity contribution >= 4 is 17.2 Å². The number of ether oxygens (including phenoxy) is 1. The molecule has 0 radical (unpaired) electrons. The van der Waals surface area contributed by atoms with E-state index in [1.165, 1.54) is 7.11 Å². The maximum absolute atomic E-state index is 12.8. The minimum atomic E-state index is -0.0239. The molecule has 0 spiro atoms. The Bertz CT molecular complexity index is 900. The average Bonchev–Trinajstić information content (AvgIpc) is 3.40. The van der Waals surface area contributed by atoms with E-state index in [9.17, 15) is 4.79 Å². The lowest BCUT2D eigenvalue weighted by molar-refractivity contribution is 0.0706. The van der Waals surface area contributed by atoms with Crippen LogP contribution in [-0.4, -0.2) is 50.5 Å². The highest BCUT2D eigenvalue weighted by Gasteiger charge is 2.28. The molecule has 140 valence electrons. The Morgan fingerprint density at radius 1 is 1.26 bits per heavy atom. The number of rotatable bonds is 5. The third-order valence-electron chi connectivity index (χ3n) is 4.91. The van der Waals surface area contributed by atoms with E-state index >= 15 is 0 Å². The van der Waals surface area contributed by atoms with Gasteiger partial charge in [0.15, 0.2) is 0 Å². The van der Waals surface area contributed by atoms with Crippen LogP contribution in [0.25, 0.3) is 0 Å². The quantitative estimate of drug-likeness (QED) is 0.677. The summed E-state index contributed by atoms with van der Waals surface area (Å²) >= 11 is 1.60. The number of hydrogen-bond acceptors (Lipinski definition) is 6. The van der Waals surface area contributed by atoms with Crippen LogP contribution in [0.15, 0.2) is 41.6 Å². The number of imidazole rings is 1. The Balaban J connectivity index is 1.42. The third-order valence-corrected chi connectivity index (χ3v) is 5.54. The van der Waals surface area contributed by atoms with Gasteiger partial charge in [-0.2, -0.15) is 0 Å². The van der Waals surface area contributed by atoms with E-state index in [1.807, 2.05) is 22.8 Å². The average molecular weight is 383 g/mol. The fourth-order valence-electron chi connectivity index (χ4n) is 3.53. The number of pyridine rings is 1. The number of aromatic nitrogens is 4. The van der Waals surface area contributed by atoms with Crippen LogP contribution in [0.3, 0.4) is 0 Å². The number of piperidine rings is 1. The zero-order valence-corrected chi connectivity index (χ0v) is 15.9. The first-order valence-corrected chi connectivity index (χ1v) is 9.87. The molecule has 1 aliphatic heterocycles. The largest absolute Gasteiger partial charge is 0.480 e. The van der Waals surface area contributed by atoms with Crippen molar-refractivity contribution in [1.29, 1.82) is 0 Å². The lowest BCUT2D eigenvalue weighted by Gasteiger charge is -2.32. The second kappa shape index (κ2) is 7.87. The number of thiazole rings is 1. The smallest absolute Gasteiger partial charge is 0.259 e. The Labute approximate surface area is 161 Å². The highest BCUT2D eigenvalue weighted by atomic mass is 32.1. The summed E-state index contributed by atoms with van der Waals surface area (Å²) in [6.07, 6.45) is 7.27. The van der Waals surface area contributed by atoms with Crippen LogP contribution in [-0.2, 0) is 6.54 Å².